The molecule has 0 aliphatic rings. The van der Waals surface area contributed by atoms with Gasteiger partial charge < -0.3 is 19.6 Å². The van der Waals surface area contributed by atoms with Crippen LogP contribution in [0.2, 0.25) is 5.02 Å². The fourth-order valence-corrected chi connectivity index (χ4v) is 2.95. The Labute approximate surface area is 156 Å². The summed E-state index contributed by atoms with van der Waals surface area (Å²) in [5, 5.41) is 12.9. The number of hydrogen-bond acceptors (Lipinski definition) is 4. The van der Waals surface area contributed by atoms with Gasteiger partial charge in [0.2, 0.25) is 0 Å². The molecule has 0 unspecified atom stereocenters. The molecule has 0 bridgehead atoms. The zero-order valence-electron chi connectivity index (χ0n) is 14.4. The number of rotatable bonds is 6. The van der Waals surface area contributed by atoms with Crippen LogP contribution in [0.5, 0.6) is 5.75 Å². The van der Waals surface area contributed by atoms with E-state index in [1.165, 1.54) is 0 Å². The summed E-state index contributed by atoms with van der Waals surface area (Å²) in [5.41, 5.74) is 2.58. The van der Waals surface area contributed by atoms with Crippen LogP contribution in [0.15, 0.2) is 52.9 Å². The Balaban J connectivity index is 1.74. The van der Waals surface area contributed by atoms with Gasteiger partial charge in [-0.3, -0.25) is 0 Å². The predicted octanol–water partition coefficient (Wildman–Crippen LogP) is 5.23. The smallest absolute Gasteiger partial charge is 0.336 e. The van der Waals surface area contributed by atoms with Crippen LogP contribution in [0.1, 0.15) is 21.7 Å². The third-order valence-electron chi connectivity index (χ3n) is 4.12. The lowest BCUT2D eigenvalue weighted by atomic mass is 10.1. The topological polar surface area (TPSA) is 71.7 Å². The maximum Gasteiger partial charge on any atom is 0.336 e. The van der Waals surface area contributed by atoms with Crippen molar-refractivity contribution in [2.24, 2.45) is 0 Å². The normalized spacial score (nSPS) is 10.6. The Bertz CT molecular complexity index is 949. The molecule has 3 rings (SSSR count). The molecule has 0 saturated carbocycles. The second-order valence-electron chi connectivity index (χ2n) is 5.75. The number of carboxylic acids is 1. The van der Waals surface area contributed by atoms with Crippen LogP contribution in [-0.4, -0.2) is 18.2 Å². The van der Waals surface area contributed by atoms with Crippen molar-refractivity contribution in [1.29, 1.82) is 0 Å². The number of halogens is 1. The summed E-state index contributed by atoms with van der Waals surface area (Å²) >= 11 is 6.16. The van der Waals surface area contributed by atoms with Crippen LogP contribution < -0.4 is 10.1 Å². The van der Waals surface area contributed by atoms with Gasteiger partial charge in [-0.1, -0.05) is 17.7 Å². The van der Waals surface area contributed by atoms with E-state index in [4.69, 9.17) is 20.8 Å². The van der Waals surface area contributed by atoms with Crippen molar-refractivity contribution in [3.8, 4) is 17.1 Å². The molecule has 0 aliphatic carbocycles. The summed E-state index contributed by atoms with van der Waals surface area (Å²) in [4.78, 5) is 11.2. The van der Waals surface area contributed by atoms with Crippen molar-refractivity contribution in [2.75, 3.05) is 12.4 Å². The number of furan rings is 1. The lowest BCUT2D eigenvalue weighted by Crippen LogP contribution is -2.05. The summed E-state index contributed by atoms with van der Waals surface area (Å²) in [5.74, 6) is 1.09. The quantitative estimate of drug-likeness (QED) is 0.621. The van der Waals surface area contributed by atoms with E-state index in [9.17, 15) is 9.90 Å². The van der Waals surface area contributed by atoms with E-state index >= 15 is 0 Å². The molecule has 134 valence electrons. The number of benzene rings is 2. The van der Waals surface area contributed by atoms with Crippen LogP contribution in [0.4, 0.5) is 5.69 Å². The van der Waals surface area contributed by atoms with Gasteiger partial charge in [0.25, 0.3) is 0 Å². The molecule has 6 heteroatoms. The first kappa shape index (κ1) is 17.9. The van der Waals surface area contributed by atoms with Gasteiger partial charge in [0.15, 0.2) is 0 Å². The maximum absolute atomic E-state index is 11.2. The summed E-state index contributed by atoms with van der Waals surface area (Å²) in [6, 6.07) is 14.3. The van der Waals surface area contributed by atoms with Gasteiger partial charge in [0.05, 0.1) is 24.2 Å². The standard InChI is InChI=1S/C20H18ClNO4/c1-12-15(20(23)24)4-3-5-17(12)22-11-14-7-9-18(26-14)13-6-8-19(25-2)16(21)10-13/h3-10,22H,11H2,1-2H3,(H,23,24). The maximum atomic E-state index is 11.2. The summed E-state index contributed by atoms with van der Waals surface area (Å²) in [6.45, 7) is 2.21. The summed E-state index contributed by atoms with van der Waals surface area (Å²) in [7, 11) is 1.57. The lowest BCUT2D eigenvalue weighted by molar-refractivity contribution is 0.0696. The first-order chi connectivity index (χ1) is 12.5. The number of aromatic carboxylic acids is 1. The molecule has 0 saturated heterocycles. The van der Waals surface area contributed by atoms with Crippen molar-refractivity contribution in [3.05, 3.63) is 70.4 Å². The Morgan fingerprint density at radius 2 is 2.04 bits per heavy atom. The van der Waals surface area contributed by atoms with E-state index in [0.717, 1.165) is 17.0 Å². The summed E-state index contributed by atoms with van der Waals surface area (Å²) < 4.78 is 11.0. The molecule has 0 spiro atoms. The average molecular weight is 372 g/mol. The Morgan fingerprint density at radius 1 is 1.23 bits per heavy atom. The highest BCUT2D eigenvalue weighted by Crippen LogP contribution is 2.31. The van der Waals surface area contributed by atoms with Crippen LogP contribution in [0.25, 0.3) is 11.3 Å². The minimum Gasteiger partial charge on any atom is -0.495 e. The van der Waals surface area contributed by atoms with E-state index in [1.807, 2.05) is 24.3 Å². The molecule has 26 heavy (non-hydrogen) atoms. The van der Waals surface area contributed by atoms with Crippen LogP contribution >= 0.6 is 11.6 Å². The number of carbonyl (C=O) groups is 1. The fourth-order valence-electron chi connectivity index (χ4n) is 2.69. The molecule has 0 atom stereocenters. The number of anilines is 1. The largest absolute Gasteiger partial charge is 0.495 e. The van der Waals surface area contributed by atoms with E-state index in [2.05, 4.69) is 5.32 Å². The monoisotopic (exact) mass is 371 g/mol. The number of hydrogen-bond donors (Lipinski definition) is 2. The zero-order valence-corrected chi connectivity index (χ0v) is 15.1. The summed E-state index contributed by atoms with van der Waals surface area (Å²) in [6.07, 6.45) is 0. The predicted molar refractivity (Wildman–Crippen MR) is 101 cm³/mol. The minimum absolute atomic E-state index is 0.281. The molecule has 1 aromatic heterocycles. The first-order valence-electron chi connectivity index (χ1n) is 7.99. The van der Waals surface area contributed by atoms with E-state index < -0.39 is 5.97 Å². The first-order valence-corrected chi connectivity index (χ1v) is 8.37. The van der Waals surface area contributed by atoms with Crippen molar-refractivity contribution < 1.29 is 19.1 Å². The molecule has 0 radical (unpaired) electrons. The number of methoxy groups -OCH3 is 1. The third-order valence-corrected chi connectivity index (χ3v) is 4.41. The second kappa shape index (κ2) is 7.54. The van der Waals surface area contributed by atoms with E-state index in [1.54, 1.807) is 38.3 Å². The SMILES string of the molecule is COc1ccc(-c2ccc(CNc3cccc(C(=O)O)c3C)o2)cc1Cl. The van der Waals surface area contributed by atoms with Crippen molar-refractivity contribution in [2.45, 2.75) is 13.5 Å². The zero-order chi connectivity index (χ0) is 18.7. The molecule has 1 heterocycles. The highest BCUT2D eigenvalue weighted by molar-refractivity contribution is 6.32. The van der Waals surface area contributed by atoms with E-state index in [0.29, 0.717) is 28.6 Å². The lowest BCUT2D eigenvalue weighted by Gasteiger charge is -2.10. The van der Waals surface area contributed by atoms with Crippen molar-refractivity contribution >= 4 is 23.3 Å². The highest BCUT2D eigenvalue weighted by atomic mass is 35.5. The van der Waals surface area contributed by atoms with E-state index in [-0.39, 0.29) is 5.56 Å². The molecule has 5 nitrogen and oxygen atoms in total. The third kappa shape index (κ3) is 3.68. The van der Waals surface area contributed by atoms with Gasteiger partial charge in [0.1, 0.15) is 17.3 Å². The Hall–Kier alpha value is -2.92. The molecular weight excluding hydrogens is 354 g/mol. The van der Waals surface area contributed by atoms with Gasteiger partial charge in [-0.2, -0.15) is 0 Å². The fraction of sp³-hybridized carbons (Fsp3) is 0.150. The van der Waals surface area contributed by atoms with Crippen LogP contribution in [0.3, 0.4) is 0 Å². The molecule has 2 aromatic carbocycles. The van der Waals surface area contributed by atoms with Crippen LogP contribution in [0, 0.1) is 6.92 Å². The molecule has 0 fully saturated rings. The van der Waals surface area contributed by atoms with Crippen molar-refractivity contribution in [1.82, 2.24) is 0 Å². The molecule has 0 aliphatic heterocycles. The number of carboxylic acid groups (broad SMARTS) is 1. The molecular formula is C20H18ClNO4. The highest BCUT2D eigenvalue weighted by Gasteiger charge is 2.11. The van der Waals surface area contributed by atoms with Gasteiger partial charge in [-0.15, -0.1) is 0 Å². The van der Waals surface area contributed by atoms with Gasteiger partial charge in [0, 0.05) is 11.3 Å². The van der Waals surface area contributed by atoms with Crippen molar-refractivity contribution in [3.63, 3.8) is 0 Å². The minimum atomic E-state index is -0.942. The van der Waals surface area contributed by atoms with Crippen LogP contribution in [-0.2, 0) is 6.54 Å². The molecule has 3 aromatic rings. The Kier molecular flexibility index (Phi) is 5.19. The van der Waals surface area contributed by atoms with Gasteiger partial charge >= 0.3 is 5.97 Å². The molecule has 0 amide bonds. The Morgan fingerprint density at radius 3 is 2.73 bits per heavy atom. The number of nitrogens with one attached hydrogen (secondary N) is 1. The molecule has 2 N–H and O–H groups in total. The average Bonchev–Trinajstić information content (AvgIpc) is 3.09. The number of ether oxygens (including phenoxy) is 1. The van der Waals surface area contributed by atoms with Gasteiger partial charge in [-0.25, -0.2) is 4.79 Å². The second-order valence-corrected chi connectivity index (χ2v) is 6.16. The van der Waals surface area contributed by atoms with Gasteiger partial charge in [-0.05, 0) is 55.0 Å².